The van der Waals surface area contributed by atoms with Crippen LogP contribution in [0, 0.1) is 0 Å². The Balaban J connectivity index is 2.55. The molecule has 1 amide bonds. The average Bonchev–Trinajstić information content (AvgIpc) is 2.45. The number of hydrogen-bond acceptors (Lipinski definition) is 4. The van der Waals surface area contributed by atoms with Gasteiger partial charge in [0.2, 0.25) is 5.91 Å². The number of nitrogens with two attached hydrogens (primary N) is 1. The number of carbonyl (C=O) groups excluding carboxylic acids is 1. The van der Waals surface area contributed by atoms with E-state index >= 15 is 0 Å². The van der Waals surface area contributed by atoms with Crippen LogP contribution in [0.3, 0.4) is 0 Å². The average molecular weight is 391 g/mol. The highest BCUT2D eigenvalue weighted by atomic mass is 79.9. The van der Waals surface area contributed by atoms with Crippen molar-refractivity contribution < 1.29 is 13.2 Å². The van der Waals surface area contributed by atoms with Crippen molar-refractivity contribution in [3.63, 3.8) is 0 Å². The maximum Gasteiger partial charge on any atom is 0.235 e. The maximum atomic E-state index is 12.1. The van der Waals surface area contributed by atoms with Crippen LogP contribution in [0.25, 0.3) is 0 Å². The normalized spacial score (nSPS) is 12.9. The third-order valence-corrected chi connectivity index (χ3v) is 5.21. The highest BCUT2D eigenvalue weighted by Crippen LogP contribution is 2.13. The lowest BCUT2D eigenvalue weighted by Gasteiger charge is -2.16. The van der Waals surface area contributed by atoms with Crippen molar-refractivity contribution in [2.24, 2.45) is 5.73 Å². The van der Waals surface area contributed by atoms with Gasteiger partial charge < -0.3 is 11.1 Å². The van der Waals surface area contributed by atoms with Gasteiger partial charge in [0, 0.05) is 17.1 Å². The van der Waals surface area contributed by atoms with Gasteiger partial charge in [0.15, 0.2) is 9.84 Å². The Hall–Kier alpha value is -0.920. The summed E-state index contributed by atoms with van der Waals surface area (Å²) in [6, 6.07) is 6.85. The van der Waals surface area contributed by atoms with Gasteiger partial charge in [0.05, 0.1) is 5.75 Å². The van der Waals surface area contributed by atoms with Gasteiger partial charge in [-0.3, -0.25) is 4.79 Å². The fraction of sp³-hybridized carbons (Fsp3) is 0.533. The van der Waals surface area contributed by atoms with Gasteiger partial charge in [0.1, 0.15) is 5.75 Å². The first-order chi connectivity index (χ1) is 10.4. The molecule has 0 heterocycles. The lowest BCUT2D eigenvalue weighted by atomic mass is 10.1. The molecule has 0 bridgehead atoms. The molecule has 1 atom stereocenters. The molecule has 1 rings (SSSR count). The van der Waals surface area contributed by atoms with Crippen molar-refractivity contribution in [1.82, 2.24) is 5.32 Å². The molecule has 0 aliphatic heterocycles. The first kappa shape index (κ1) is 19.1. The first-order valence-corrected chi connectivity index (χ1v) is 9.92. The van der Waals surface area contributed by atoms with Gasteiger partial charge in [0.25, 0.3) is 0 Å². The maximum absolute atomic E-state index is 12.1. The third kappa shape index (κ3) is 7.38. The van der Waals surface area contributed by atoms with Crippen LogP contribution in [0.4, 0.5) is 0 Å². The molecule has 0 spiro atoms. The van der Waals surface area contributed by atoms with E-state index in [1.54, 1.807) is 24.3 Å². The molecule has 7 heteroatoms. The molecular formula is C15H23BrN2O3S. The van der Waals surface area contributed by atoms with Crippen LogP contribution < -0.4 is 11.1 Å². The van der Waals surface area contributed by atoms with E-state index in [9.17, 15) is 13.2 Å². The van der Waals surface area contributed by atoms with Crippen LogP contribution in [0.5, 0.6) is 0 Å². The zero-order chi connectivity index (χ0) is 16.6. The summed E-state index contributed by atoms with van der Waals surface area (Å²) in [4.78, 5) is 11.9. The van der Waals surface area contributed by atoms with Gasteiger partial charge in [-0.25, -0.2) is 8.42 Å². The molecule has 5 nitrogen and oxygen atoms in total. The highest BCUT2D eigenvalue weighted by molar-refractivity contribution is 9.10. The van der Waals surface area contributed by atoms with Crippen molar-refractivity contribution >= 4 is 31.7 Å². The van der Waals surface area contributed by atoms with Crippen molar-refractivity contribution in [2.45, 2.75) is 38.0 Å². The summed E-state index contributed by atoms with van der Waals surface area (Å²) in [5, 5.41) is 2.70. The van der Waals surface area contributed by atoms with Gasteiger partial charge in [-0.05, 0) is 24.1 Å². The summed E-state index contributed by atoms with van der Waals surface area (Å²) in [6.45, 7) is 2.37. The Labute approximate surface area is 140 Å². The van der Waals surface area contributed by atoms with Crippen LogP contribution in [0.2, 0.25) is 0 Å². The number of amides is 1. The number of sulfone groups is 1. The van der Waals surface area contributed by atoms with E-state index in [4.69, 9.17) is 5.73 Å². The Morgan fingerprint density at radius 1 is 1.32 bits per heavy atom. The molecule has 0 fully saturated rings. The smallest absolute Gasteiger partial charge is 0.235 e. The Bertz CT molecular complexity index is 573. The molecule has 0 aromatic heterocycles. The van der Waals surface area contributed by atoms with E-state index in [1.165, 1.54) is 0 Å². The van der Waals surface area contributed by atoms with Gasteiger partial charge in [-0.15, -0.1) is 0 Å². The van der Waals surface area contributed by atoms with Crippen LogP contribution >= 0.6 is 15.9 Å². The molecule has 0 saturated heterocycles. The minimum absolute atomic E-state index is 0.143. The fourth-order valence-corrected chi connectivity index (χ4v) is 3.60. The van der Waals surface area contributed by atoms with E-state index < -0.39 is 21.5 Å². The second-order valence-corrected chi connectivity index (χ2v) is 8.28. The number of rotatable bonds is 9. The summed E-state index contributed by atoms with van der Waals surface area (Å²) >= 11 is 3.30. The molecule has 124 valence electrons. The van der Waals surface area contributed by atoms with Crippen molar-refractivity contribution in [2.75, 3.05) is 12.3 Å². The highest BCUT2D eigenvalue weighted by Gasteiger charge is 2.19. The van der Waals surface area contributed by atoms with E-state index in [0.717, 1.165) is 23.7 Å². The quantitative estimate of drug-likeness (QED) is 0.674. The predicted molar refractivity (Wildman–Crippen MR) is 92.1 cm³/mol. The molecule has 0 aliphatic rings. The Morgan fingerprint density at radius 3 is 2.50 bits per heavy atom. The lowest BCUT2D eigenvalue weighted by Crippen LogP contribution is -2.42. The predicted octanol–water partition coefficient (Wildman–Crippen LogP) is 2.00. The number of nitrogens with one attached hydrogen (secondary N) is 1. The molecule has 0 saturated carbocycles. The Morgan fingerprint density at radius 2 is 1.95 bits per heavy atom. The van der Waals surface area contributed by atoms with Gasteiger partial charge in [-0.1, -0.05) is 47.8 Å². The van der Waals surface area contributed by atoms with Crippen molar-refractivity contribution in [3.8, 4) is 0 Å². The summed E-state index contributed by atoms with van der Waals surface area (Å²) in [6.07, 6.45) is 2.73. The molecule has 22 heavy (non-hydrogen) atoms. The molecule has 1 unspecified atom stereocenters. The number of benzene rings is 1. The summed E-state index contributed by atoms with van der Waals surface area (Å²) in [5.74, 6) is -1.13. The standard InChI is InChI=1S/C15H23BrN2O3S/c1-2-3-4-14(9-17)18-15(19)11-22(20,21)10-12-5-7-13(16)8-6-12/h5-8,14H,2-4,9-11,17H2,1H3,(H,18,19). The van der Waals surface area contributed by atoms with Crippen LogP contribution in [0.15, 0.2) is 28.7 Å². The lowest BCUT2D eigenvalue weighted by molar-refractivity contribution is -0.119. The summed E-state index contributed by atoms with van der Waals surface area (Å²) < 4.78 is 25.0. The largest absolute Gasteiger partial charge is 0.351 e. The number of carbonyl (C=O) groups is 1. The van der Waals surface area contributed by atoms with Gasteiger partial charge in [-0.2, -0.15) is 0 Å². The minimum atomic E-state index is -3.49. The topological polar surface area (TPSA) is 89.3 Å². The zero-order valence-corrected chi connectivity index (χ0v) is 15.1. The summed E-state index contributed by atoms with van der Waals surface area (Å²) in [7, 11) is -3.49. The van der Waals surface area contributed by atoms with Crippen LogP contribution in [0.1, 0.15) is 31.7 Å². The SMILES string of the molecule is CCCCC(CN)NC(=O)CS(=O)(=O)Cc1ccc(Br)cc1. The molecule has 3 N–H and O–H groups in total. The molecule has 1 aromatic rings. The fourth-order valence-electron chi connectivity index (χ4n) is 2.05. The van der Waals surface area contributed by atoms with Crippen LogP contribution in [-0.4, -0.2) is 32.7 Å². The zero-order valence-electron chi connectivity index (χ0n) is 12.7. The number of hydrogen-bond donors (Lipinski definition) is 2. The minimum Gasteiger partial charge on any atom is -0.351 e. The van der Waals surface area contributed by atoms with Crippen molar-refractivity contribution in [1.29, 1.82) is 0 Å². The molecule has 0 radical (unpaired) electrons. The number of halogens is 1. The monoisotopic (exact) mass is 390 g/mol. The number of unbranched alkanes of at least 4 members (excludes halogenated alkanes) is 1. The molecule has 0 aliphatic carbocycles. The third-order valence-electron chi connectivity index (χ3n) is 3.21. The van der Waals surface area contributed by atoms with E-state index in [1.807, 2.05) is 0 Å². The molecular weight excluding hydrogens is 368 g/mol. The van der Waals surface area contributed by atoms with E-state index in [2.05, 4.69) is 28.2 Å². The first-order valence-electron chi connectivity index (χ1n) is 7.30. The van der Waals surface area contributed by atoms with E-state index in [0.29, 0.717) is 12.1 Å². The molecule has 1 aromatic carbocycles. The second kappa shape index (κ2) is 9.27. The Kier molecular flexibility index (Phi) is 8.06. The summed E-state index contributed by atoms with van der Waals surface area (Å²) in [5.41, 5.74) is 6.26. The van der Waals surface area contributed by atoms with Gasteiger partial charge >= 0.3 is 0 Å². The second-order valence-electron chi connectivity index (χ2n) is 5.30. The van der Waals surface area contributed by atoms with Crippen LogP contribution in [-0.2, 0) is 20.4 Å². The van der Waals surface area contributed by atoms with E-state index in [-0.39, 0.29) is 11.8 Å². The van der Waals surface area contributed by atoms with Crippen molar-refractivity contribution in [3.05, 3.63) is 34.3 Å².